The number of carboxylic acid groups (broad SMARTS) is 1. The van der Waals surface area contributed by atoms with Gasteiger partial charge in [0.15, 0.2) is 0 Å². The molecule has 0 amide bonds. The molecular formula is C26H21F4NO3. The Balaban J connectivity index is 2.22. The molecule has 0 unspecified atom stereocenters. The number of aromatic carboxylic acids is 1. The van der Waals surface area contributed by atoms with Crippen molar-refractivity contribution in [1.82, 2.24) is 4.57 Å². The Morgan fingerprint density at radius 3 is 2.21 bits per heavy atom. The van der Waals surface area contributed by atoms with Crippen molar-refractivity contribution in [2.24, 2.45) is 0 Å². The number of aromatic hydroxyl groups is 1. The number of carbonyl (C=O) groups is 1. The highest BCUT2D eigenvalue weighted by atomic mass is 19.3. The van der Waals surface area contributed by atoms with E-state index in [2.05, 4.69) is 0 Å². The summed E-state index contributed by atoms with van der Waals surface area (Å²) in [5.74, 6) is -2.89. The fourth-order valence-electron chi connectivity index (χ4n) is 4.17. The molecule has 0 saturated carbocycles. The Hall–Kier alpha value is -3.81. The van der Waals surface area contributed by atoms with E-state index in [1.165, 1.54) is 67.8 Å². The molecule has 0 atom stereocenters. The Labute approximate surface area is 192 Å². The van der Waals surface area contributed by atoms with Gasteiger partial charge in [-0.15, -0.1) is 0 Å². The van der Waals surface area contributed by atoms with E-state index in [0.29, 0.717) is 11.3 Å². The third kappa shape index (κ3) is 3.69. The number of benzene rings is 3. The van der Waals surface area contributed by atoms with Crippen LogP contribution in [0.25, 0.3) is 27.7 Å². The van der Waals surface area contributed by atoms with Gasteiger partial charge in [-0.25, -0.2) is 22.4 Å². The quantitative estimate of drug-likeness (QED) is 0.314. The Bertz CT molecular complexity index is 1420. The minimum atomic E-state index is -2.86. The lowest BCUT2D eigenvalue weighted by atomic mass is 9.84. The van der Waals surface area contributed by atoms with Crippen LogP contribution in [0.4, 0.5) is 17.6 Å². The number of hydrogen-bond acceptors (Lipinski definition) is 2. The summed E-state index contributed by atoms with van der Waals surface area (Å²) in [6, 6.07) is 11.6. The molecule has 1 aromatic heterocycles. The van der Waals surface area contributed by atoms with Gasteiger partial charge < -0.3 is 14.8 Å². The van der Waals surface area contributed by atoms with Crippen LogP contribution >= 0.6 is 0 Å². The van der Waals surface area contributed by atoms with Crippen LogP contribution in [0.5, 0.6) is 5.75 Å². The predicted octanol–water partition coefficient (Wildman–Crippen LogP) is 6.83. The van der Waals surface area contributed by atoms with E-state index in [1.807, 2.05) is 0 Å². The molecule has 0 saturated heterocycles. The van der Waals surface area contributed by atoms with Gasteiger partial charge in [0.1, 0.15) is 17.4 Å². The second-order valence-corrected chi connectivity index (χ2v) is 8.72. The fourth-order valence-corrected chi connectivity index (χ4v) is 4.17. The summed E-state index contributed by atoms with van der Waals surface area (Å²) >= 11 is 0. The topological polar surface area (TPSA) is 62.5 Å². The third-order valence-electron chi connectivity index (χ3n) is 5.99. The minimum Gasteiger partial charge on any atom is -0.507 e. The minimum absolute atomic E-state index is 0.00779. The Morgan fingerprint density at radius 1 is 1.00 bits per heavy atom. The molecule has 0 radical (unpaired) electrons. The van der Waals surface area contributed by atoms with Crippen LogP contribution in [0.2, 0.25) is 0 Å². The standard InChI is InChI=1S/C26H21F4NO3/c1-13-10-17(8-9-18(13)28)31-19-11-16(27)12-20(32)22(19)21(23(31)26(2,3)25(29)30)14-4-6-15(7-5-14)24(33)34/h4-12,25,32H,1-3H3,(H,33,34). The SMILES string of the molecule is Cc1cc(-n2c(C(C)(C)C(F)F)c(-c3ccc(C(=O)O)cc3)c3c(O)cc(F)cc32)ccc1F. The van der Waals surface area contributed by atoms with Gasteiger partial charge in [0.05, 0.1) is 21.9 Å². The molecule has 1 heterocycles. The van der Waals surface area contributed by atoms with Crippen LogP contribution in [-0.4, -0.2) is 27.2 Å². The maximum Gasteiger partial charge on any atom is 0.335 e. The summed E-state index contributed by atoms with van der Waals surface area (Å²) in [5, 5.41) is 20.1. The zero-order chi connectivity index (χ0) is 24.9. The number of hydrogen-bond donors (Lipinski definition) is 2. The smallest absolute Gasteiger partial charge is 0.335 e. The van der Waals surface area contributed by atoms with Gasteiger partial charge in [0.25, 0.3) is 0 Å². The normalized spacial score (nSPS) is 12.0. The van der Waals surface area contributed by atoms with Crippen LogP contribution in [0.15, 0.2) is 54.6 Å². The Morgan fingerprint density at radius 2 is 1.65 bits per heavy atom. The second kappa shape index (κ2) is 8.20. The lowest BCUT2D eigenvalue weighted by Crippen LogP contribution is -2.30. The van der Waals surface area contributed by atoms with E-state index in [0.717, 1.165) is 12.1 Å². The molecule has 8 heteroatoms. The molecule has 0 fully saturated rings. The molecular weight excluding hydrogens is 450 g/mol. The molecule has 4 rings (SSSR count). The average Bonchev–Trinajstić information content (AvgIpc) is 3.11. The van der Waals surface area contributed by atoms with Crippen LogP contribution in [0, 0.1) is 18.6 Å². The highest BCUT2D eigenvalue weighted by molar-refractivity contribution is 6.04. The van der Waals surface area contributed by atoms with Crippen LogP contribution in [0.3, 0.4) is 0 Å². The molecule has 34 heavy (non-hydrogen) atoms. The lowest BCUT2D eigenvalue weighted by molar-refractivity contribution is 0.0667. The van der Waals surface area contributed by atoms with E-state index < -0.39 is 35.2 Å². The summed E-state index contributed by atoms with van der Waals surface area (Å²) in [5.41, 5.74) is -0.497. The van der Waals surface area contributed by atoms with Crippen LogP contribution in [0.1, 0.15) is 35.5 Å². The van der Waals surface area contributed by atoms with Crippen LogP contribution in [-0.2, 0) is 5.41 Å². The summed E-state index contributed by atoms with van der Waals surface area (Å²) < 4.78 is 58.7. The van der Waals surface area contributed by atoms with Crippen molar-refractivity contribution in [2.75, 3.05) is 0 Å². The number of nitrogens with zero attached hydrogens (tertiary/aromatic N) is 1. The monoisotopic (exact) mass is 471 g/mol. The summed E-state index contributed by atoms with van der Waals surface area (Å²) in [6.45, 7) is 4.16. The molecule has 176 valence electrons. The first-order valence-corrected chi connectivity index (χ1v) is 10.4. The molecule has 0 aliphatic rings. The van der Waals surface area contributed by atoms with Crippen molar-refractivity contribution in [3.05, 3.63) is 83.1 Å². The van der Waals surface area contributed by atoms with E-state index in [4.69, 9.17) is 0 Å². The lowest BCUT2D eigenvalue weighted by Gasteiger charge is -2.28. The third-order valence-corrected chi connectivity index (χ3v) is 5.99. The van der Waals surface area contributed by atoms with Gasteiger partial charge in [-0.2, -0.15) is 0 Å². The van der Waals surface area contributed by atoms with E-state index in [1.54, 1.807) is 0 Å². The van der Waals surface area contributed by atoms with Crippen molar-refractivity contribution in [1.29, 1.82) is 0 Å². The number of carboxylic acids is 1. The zero-order valence-corrected chi connectivity index (χ0v) is 18.5. The average molecular weight is 471 g/mol. The highest BCUT2D eigenvalue weighted by Gasteiger charge is 2.39. The van der Waals surface area contributed by atoms with Gasteiger partial charge >= 0.3 is 5.97 Å². The molecule has 0 aliphatic carbocycles. The largest absolute Gasteiger partial charge is 0.507 e. The molecule has 0 bridgehead atoms. The molecule has 0 aliphatic heterocycles. The van der Waals surface area contributed by atoms with E-state index >= 15 is 0 Å². The highest BCUT2D eigenvalue weighted by Crippen LogP contribution is 2.48. The number of phenolic OH excluding ortho intramolecular Hbond substituents is 1. The van der Waals surface area contributed by atoms with Crippen molar-refractivity contribution >= 4 is 16.9 Å². The number of halogens is 4. The number of rotatable bonds is 5. The van der Waals surface area contributed by atoms with Crippen molar-refractivity contribution in [2.45, 2.75) is 32.6 Å². The molecule has 2 N–H and O–H groups in total. The molecule has 0 spiro atoms. The van der Waals surface area contributed by atoms with E-state index in [-0.39, 0.29) is 33.3 Å². The molecule has 4 aromatic rings. The number of phenols is 1. The zero-order valence-electron chi connectivity index (χ0n) is 18.5. The molecule has 4 nitrogen and oxygen atoms in total. The van der Waals surface area contributed by atoms with Crippen molar-refractivity contribution in [3.8, 4) is 22.6 Å². The number of alkyl halides is 2. The van der Waals surface area contributed by atoms with Crippen LogP contribution < -0.4 is 0 Å². The number of fused-ring (bicyclic) bond motifs is 1. The summed E-state index contributed by atoms with van der Waals surface area (Å²) in [6.07, 6.45) is -2.86. The predicted molar refractivity (Wildman–Crippen MR) is 121 cm³/mol. The maximum atomic E-state index is 14.4. The fraction of sp³-hybridized carbons (Fsp3) is 0.192. The summed E-state index contributed by atoms with van der Waals surface area (Å²) in [4.78, 5) is 11.3. The first-order valence-electron chi connectivity index (χ1n) is 10.4. The Kier molecular flexibility index (Phi) is 5.63. The van der Waals surface area contributed by atoms with Gasteiger partial charge in [0.2, 0.25) is 6.43 Å². The number of aryl methyl sites for hydroxylation is 1. The maximum absolute atomic E-state index is 14.4. The van der Waals surface area contributed by atoms with Gasteiger partial charge in [-0.3, -0.25) is 0 Å². The first-order chi connectivity index (χ1) is 15.9. The van der Waals surface area contributed by atoms with Gasteiger partial charge in [-0.1, -0.05) is 12.1 Å². The first kappa shape index (κ1) is 23.4. The second-order valence-electron chi connectivity index (χ2n) is 8.72. The van der Waals surface area contributed by atoms with Gasteiger partial charge in [-0.05, 0) is 68.3 Å². The van der Waals surface area contributed by atoms with Crippen molar-refractivity contribution in [3.63, 3.8) is 0 Å². The van der Waals surface area contributed by atoms with Crippen molar-refractivity contribution < 1.29 is 32.6 Å². The number of aromatic nitrogens is 1. The summed E-state index contributed by atoms with van der Waals surface area (Å²) in [7, 11) is 0. The van der Waals surface area contributed by atoms with E-state index in [9.17, 15) is 32.6 Å². The molecule has 3 aromatic carbocycles. The van der Waals surface area contributed by atoms with Gasteiger partial charge in [0, 0.05) is 23.0 Å².